The summed E-state index contributed by atoms with van der Waals surface area (Å²) in [4.78, 5) is 14.3. The molecule has 136 valence electrons. The number of hydrogen-bond acceptors (Lipinski definition) is 6. The zero-order valence-electron chi connectivity index (χ0n) is 14.8. The van der Waals surface area contributed by atoms with Crippen LogP contribution in [-0.2, 0) is 17.7 Å². The minimum absolute atomic E-state index is 0.363. The van der Waals surface area contributed by atoms with Gasteiger partial charge in [0.25, 0.3) is 0 Å². The SMILES string of the molecule is Oc1ccccc1CN1[C@H]2CC[C@@H]1c1cnc(N3CCOCC3)nc1C2. The van der Waals surface area contributed by atoms with Gasteiger partial charge in [-0.2, -0.15) is 0 Å². The van der Waals surface area contributed by atoms with E-state index < -0.39 is 0 Å². The van der Waals surface area contributed by atoms with E-state index in [4.69, 9.17) is 9.72 Å². The Hall–Kier alpha value is -2.18. The molecule has 0 unspecified atom stereocenters. The molecule has 4 heterocycles. The van der Waals surface area contributed by atoms with Gasteiger partial charge >= 0.3 is 0 Å². The second kappa shape index (κ2) is 6.52. The topological polar surface area (TPSA) is 61.7 Å². The lowest BCUT2D eigenvalue weighted by Crippen LogP contribution is -2.40. The predicted octanol–water partition coefficient (Wildman–Crippen LogP) is 2.28. The smallest absolute Gasteiger partial charge is 0.225 e. The molecule has 0 radical (unpaired) electrons. The third-order valence-electron chi connectivity index (χ3n) is 5.96. The second-order valence-electron chi connectivity index (χ2n) is 7.42. The average Bonchev–Trinajstić information content (AvgIpc) is 2.96. The Labute approximate surface area is 153 Å². The largest absolute Gasteiger partial charge is 0.508 e. The van der Waals surface area contributed by atoms with Gasteiger partial charge in [0.2, 0.25) is 5.95 Å². The number of ether oxygens (including phenoxy) is 1. The molecule has 6 heteroatoms. The number of hydrogen-bond donors (Lipinski definition) is 1. The van der Waals surface area contributed by atoms with Crippen molar-refractivity contribution in [3.8, 4) is 5.75 Å². The van der Waals surface area contributed by atoms with Crippen molar-refractivity contribution in [2.75, 3.05) is 31.2 Å². The molecule has 2 atom stereocenters. The Morgan fingerprint density at radius 1 is 1.15 bits per heavy atom. The van der Waals surface area contributed by atoms with Crippen LogP contribution in [0.2, 0.25) is 0 Å². The minimum Gasteiger partial charge on any atom is -0.508 e. The van der Waals surface area contributed by atoms with Gasteiger partial charge in [-0.05, 0) is 18.9 Å². The molecule has 3 aliphatic rings. The van der Waals surface area contributed by atoms with E-state index in [2.05, 4.69) is 14.8 Å². The number of phenols is 1. The van der Waals surface area contributed by atoms with E-state index in [1.807, 2.05) is 24.4 Å². The van der Waals surface area contributed by atoms with Crippen LogP contribution in [0.1, 0.15) is 35.7 Å². The van der Waals surface area contributed by atoms with E-state index >= 15 is 0 Å². The summed E-state index contributed by atoms with van der Waals surface area (Å²) in [5.74, 6) is 1.23. The molecule has 5 rings (SSSR count). The van der Waals surface area contributed by atoms with Crippen molar-refractivity contribution >= 4 is 5.95 Å². The molecule has 1 N–H and O–H groups in total. The standard InChI is InChI=1S/C20H24N4O2/c25-19-4-2-1-3-14(19)13-24-15-5-6-18(24)16-12-21-20(22-17(16)11-15)23-7-9-26-10-8-23/h1-4,12,15,18,25H,5-11,13H2/t15-,18+/m0/s1. The first kappa shape index (κ1) is 16.0. The van der Waals surface area contributed by atoms with Gasteiger partial charge in [0.15, 0.2) is 0 Å². The summed E-state index contributed by atoms with van der Waals surface area (Å²) in [5.41, 5.74) is 3.48. The average molecular weight is 352 g/mol. The summed E-state index contributed by atoms with van der Waals surface area (Å²) in [7, 11) is 0. The Morgan fingerprint density at radius 2 is 2.00 bits per heavy atom. The third kappa shape index (κ3) is 2.73. The molecule has 1 aromatic carbocycles. The Morgan fingerprint density at radius 3 is 2.85 bits per heavy atom. The molecular formula is C20H24N4O2. The van der Waals surface area contributed by atoms with Crippen molar-refractivity contribution in [1.82, 2.24) is 14.9 Å². The van der Waals surface area contributed by atoms with Crippen molar-refractivity contribution in [2.45, 2.75) is 37.9 Å². The number of nitrogens with zero attached hydrogens (tertiary/aromatic N) is 4. The van der Waals surface area contributed by atoms with Crippen molar-refractivity contribution < 1.29 is 9.84 Å². The number of benzene rings is 1. The summed E-state index contributed by atoms with van der Waals surface area (Å²) in [6, 6.07) is 8.52. The number of aromatic hydroxyl groups is 1. The van der Waals surface area contributed by atoms with Crippen LogP contribution in [0.25, 0.3) is 0 Å². The molecule has 0 saturated carbocycles. The zero-order valence-corrected chi connectivity index (χ0v) is 14.8. The summed E-state index contributed by atoms with van der Waals surface area (Å²) >= 11 is 0. The van der Waals surface area contributed by atoms with Crippen LogP contribution in [-0.4, -0.2) is 52.3 Å². The van der Waals surface area contributed by atoms with Gasteiger partial charge in [-0.15, -0.1) is 0 Å². The number of phenolic OH excluding ortho intramolecular Hbond substituents is 1. The van der Waals surface area contributed by atoms with Gasteiger partial charge < -0.3 is 14.7 Å². The highest BCUT2D eigenvalue weighted by atomic mass is 16.5. The number of aromatic nitrogens is 2. The molecule has 2 bridgehead atoms. The Balaban J connectivity index is 1.41. The Kier molecular flexibility index (Phi) is 4.02. The lowest BCUT2D eigenvalue weighted by atomic mass is 9.98. The van der Waals surface area contributed by atoms with E-state index in [1.54, 1.807) is 6.07 Å². The molecule has 1 aromatic heterocycles. The van der Waals surface area contributed by atoms with Crippen LogP contribution < -0.4 is 4.90 Å². The molecule has 26 heavy (non-hydrogen) atoms. The van der Waals surface area contributed by atoms with Crippen LogP contribution >= 0.6 is 0 Å². The monoisotopic (exact) mass is 352 g/mol. The molecule has 0 aliphatic carbocycles. The predicted molar refractivity (Wildman–Crippen MR) is 98.2 cm³/mol. The first-order valence-electron chi connectivity index (χ1n) is 9.51. The molecule has 6 nitrogen and oxygen atoms in total. The second-order valence-corrected chi connectivity index (χ2v) is 7.42. The summed E-state index contributed by atoms with van der Waals surface area (Å²) in [6.07, 6.45) is 5.34. The number of fused-ring (bicyclic) bond motifs is 4. The highest BCUT2D eigenvalue weighted by Gasteiger charge is 2.41. The first-order chi connectivity index (χ1) is 12.8. The Bertz CT molecular complexity index is 806. The summed E-state index contributed by atoms with van der Waals surface area (Å²) in [5, 5.41) is 10.1. The highest BCUT2D eigenvalue weighted by molar-refractivity contribution is 5.38. The van der Waals surface area contributed by atoms with E-state index in [-0.39, 0.29) is 0 Å². The highest BCUT2D eigenvalue weighted by Crippen LogP contribution is 2.44. The molecular weight excluding hydrogens is 328 g/mol. The van der Waals surface area contributed by atoms with Gasteiger partial charge in [-0.1, -0.05) is 18.2 Å². The fourth-order valence-corrected chi connectivity index (χ4v) is 4.57. The lowest BCUT2D eigenvalue weighted by Gasteiger charge is -2.36. The van der Waals surface area contributed by atoms with Gasteiger partial charge in [0, 0.05) is 55.5 Å². The maximum atomic E-state index is 10.1. The fraction of sp³-hybridized carbons (Fsp3) is 0.500. The van der Waals surface area contributed by atoms with Crippen molar-refractivity contribution in [2.24, 2.45) is 0 Å². The van der Waals surface area contributed by atoms with Gasteiger partial charge in [-0.3, -0.25) is 4.90 Å². The molecule has 2 aromatic rings. The van der Waals surface area contributed by atoms with Crippen LogP contribution in [0.5, 0.6) is 5.75 Å². The van der Waals surface area contributed by atoms with E-state index in [9.17, 15) is 5.11 Å². The zero-order chi connectivity index (χ0) is 17.5. The van der Waals surface area contributed by atoms with Gasteiger partial charge in [0.1, 0.15) is 5.75 Å². The lowest BCUT2D eigenvalue weighted by molar-refractivity contribution is 0.122. The van der Waals surface area contributed by atoms with E-state index in [1.165, 1.54) is 17.7 Å². The van der Waals surface area contributed by atoms with Gasteiger partial charge in [-0.25, -0.2) is 9.97 Å². The molecule has 2 saturated heterocycles. The summed E-state index contributed by atoms with van der Waals surface area (Å²) in [6.45, 7) is 4.02. The molecule has 2 fully saturated rings. The number of rotatable bonds is 3. The number of para-hydroxylation sites is 1. The minimum atomic E-state index is 0.363. The van der Waals surface area contributed by atoms with Crippen LogP contribution in [0.15, 0.2) is 30.5 Å². The maximum absolute atomic E-state index is 10.1. The quantitative estimate of drug-likeness (QED) is 0.914. The van der Waals surface area contributed by atoms with Crippen molar-refractivity contribution in [3.63, 3.8) is 0 Å². The number of morpholine rings is 1. The summed E-state index contributed by atoms with van der Waals surface area (Å²) < 4.78 is 5.43. The van der Waals surface area contributed by atoms with Crippen molar-refractivity contribution in [1.29, 1.82) is 0 Å². The molecule has 0 amide bonds. The third-order valence-corrected chi connectivity index (χ3v) is 5.96. The number of anilines is 1. The first-order valence-corrected chi connectivity index (χ1v) is 9.51. The fourth-order valence-electron chi connectivity index (χ4n) is 4.57. The van der Waals surface area contributed by atoms with E-state index in [0.29, 0.717) is 17.8 Å². The van der Waals surface area contributed by atoms with Gasteiger partial charge in [0.05, 0.1) is 18.9 Å². The molecule has 0 spiro atoms. The van der Waals surface area contributed by atoms with Crippen LogP contribution in [0.3, 0.4) is 0 Å². The normalized spacial score (nSPS) is 25.3. The molecule has 3 aliphatic heterocycles. The van der Waals surface area contributed by atoms with Crippen molar-refractivity contribution in [3.05, 3.63) is 47.3 Å². The maximum Gasteiger partial charge on any atom is 0.225 e. The van der Waals surface area contributed by atoms with Crippen LogP contribution in [0, 0.1) is 0 Å². The van der Waals surface area contributed by atoms with Crippen LogP contribution in [0.4, 0.5) is 5.95 Å². The van der Waals surface area contributed by atoms with E-state index in [0.717, 1.165) is 57.2 Å².